The Bertz CT molecular complexity index is 975. The molecule has 2 aromatic rings. The molecule has 1 saturated heterocycles. The fourth-order valence-electron chi connectivity index (χ4n) is 5.30. The van der Waals surface area contributed by atoms with Crippen LogP contribution in [0.4, 0.5) is 5.82 Å². The van der Waals surface area contributed by atoms with Crippen molar-refractivity contribution in [2.75, 3.05) is 31.6 Å². The van der Waals surface area contributed by atoms with Gasteiger partial charge in [-0.05, 0) is 80.0 Å². The Labute approximate surface area is 196 Å². The lowest BCUT2D eigenvalue weighted by atomic mass is 9.96. The highest BCUT2D eigenvalue weighted by atomic mass is 16.5. The maximum Gasteiger partial charge on any atom is 0.325 e. The van der Waals surface area contributed by atoms with E-state index in [-0.39, 0.29) is 6.10 Å². The average Bonchev–Trinajstić information content (AvgIpc) is 3.58. The number of rotatable bonds is 10. The molecule has 1 aliphatic carbocycles. The summed E-state index contributed by atoms with van der Waals surface area (Å²) in [6.07, 6.45) is 8.68. The van der Waals surface area contributed by atoms with Crippen LogP contribution >= 0.6 is 0 Å². The van der Waals surface area contributed by atoms with E-state index in [9.17, 15) is 9.90 Å². The molecule has 0 radical (unpaired) electrons. The van der Waals surface area contributed by atoms with E-state index in [1.54, 1.807) is 0 Å². The number of ether oxygens (including phenoxy) is 1. The zero-order valence-corrected chi connectivity index (χ0v) is 19.3. The van der Waals surface area contributed by atoms with E-state index < -0.39 is 12.0 Å². The summed E-state index contributed by atoms with van der Waals surface area (Å²) < 4.78 is 6.15. The van der Waals surface area contributed by atoms with E-state index in [1.807, 2.05) is 18.2 Å². The molecule has 2 fully saturated rings. The number of carboxylic acid groups (broad SMARTS) is 1. The van der Waals surface area contributed by atoms with Crippen molar-refractivity contribution in [1.82, 2.24) is 9.88 Å². The van der Waals surface area contributed by atoms with Crippen molar-refractivity contribution in [3.63, 3.8) is 0 Å². The van der Waals surface area contributed by atoms with Gasteiger partial charge in [0.25, 0.3) is 0 Å². The van der Waals surface area contributed by atoms with Gasteiger partial charge in [-0.1, -0.05) is 30.3 Å². The van der Waals surface area contributed by atoms with E-state index in [0.29, 0.717) is 12.5 Å². The van der Waals surface area contributed by atoms with Gasteiger partial charge in [-0.2, -0.15) is 0 Å². The molecule has 0 spiro atoms. The Morgan fingerprint density at radius 3 is 2.91 bits per heavy atom. The third-order valence-corrected chi connectivity index (χ3v) is 7.22. The first-order valence-electron chi connectivity index (χ1n) is 12.6. The van der Waals surface area contributed by atoms with E-state index in [4.69, 9.17) is 9.72 Å². The molecular formula is C27H35N3O3. The number of anilines is 1. The second-order valence-electron chi connectivity index (χ2n) is 9.72. The lowest BCUT2D eigenvalue weighted by Gasteiger charge is -2.26. The number of nitrogens with zero attached hydrogens (tertiary/aromatic N) is 2. The summed E-state index contributed by atoms with van der Waals surface area (Å²) in [7, 11) is 0. The van der Waals surface area contributed by atoms with Crippen LogP contribution in [0.1, 0.15) is 72.9 Å². The molecule has 1 aromatic carbocycles. The molecule has 1 unspecified atom stereocenters. The first kappa shape index (κ1) is 22.4. The second-order valence-corrected chi connectivity index (χ2v) is 9.72. The normalized spacial score (nSPS) is 21.4. The smallest absolute Gasteiger partial charge is 0.325 e. The number of carbonyl (C=O) groups is 1. The number of fused-ring (bicyclic) bond motifs is 1. The molecule has 2 aliphatic heterocycles. The van der Waals surface area contributed by atoms with Gasteiger partial charge in [-0.3, -0.25) is 9.69 Å². The van der Waals surface area contributed by atoms with E-state index in [2.05, 4.69) is 28.4 Å². The molecule has 3 heterocycles. The van der Waals surface area contributed by atoms with Crippen LogP contribution in [0.2, 0.25) is 0 Å². The van der Waals surface area contributed by atoms with Gasteiger partial charge in [0, 0.05) is 31.9 Å². The predicted molar refractivity (Wildman–Crippen MR) is 129 cm³/mol. The SMILES string of the molecule is O=C(O)C(c1ccccc1C1CC1)N1CC[C@@H](OCCCCc2ccc3c(n2)NCCC3)C1. The zero-order valence-electron chi connectivity index (χ0n) is 19.3. The summed E-state index contributed by atoms with van der Waals surface area (Å²) in [6, 6.07) is 11.9. The van der Waals surface area contributed by atoms with Crippen LogP contribution in [0.5, 0.6) is 0 Å². The van der Waals surface area contributed by atoms with Crippen molar-refractivity contribution >= 4 is 11.8 Å². The lowest BCUT2D eigenvalue weighted by molar-refractivity contribution is -0.143. The van der Waals surface area contributed by atoms with E-state index in [0.717, 1.165) is 68.9 Å². The molecule has 6 heteroatoms. The molecule has 2 atom stereocenters. The van der Waals surface area contributed by atoms with Crippen molar-refractivity contribution in [2.45, 2.75) is 69.4 Å². The molecule has 0 amide bonds. The molecule has 6 nitrogen and oxygen atoms in total. The topological polar surface area (TPSA) is 74.7 Å². The fourth-order valence-corrected chi connectivity index (χ4v) is 5.30. The highest BCUT2D eigenvalue weighted by Gasteiger charge is 2.37. The Balaban J connectivity index is 1.08. The lowest BCUT2D eigenvalue weighted by Crippen LogP contribution is -2.34. The fraction of sp³-hybridized carbons (Fsp3) is 0.556. The van der Waals surface area contributed by atoms with Crippen LogP contribution in [0.25, 0.3) is 0 Å². The van der Waals surface area contributed by atoms with Gasteiger partial charge in [-0.15, -0.1) is 0 Å². The number of aryl methyl sites for hydroxylation is 2. The van der Waals surface area contributed by atoms with Crippen LogP contribution in [0, 0.1) is 0 Å². The third kappa shape index (κ3) is 5.39. The maximum absolute atomic E-state index is 12.2. The number of unbranched alkanes of at least 4 members (excludes halogenated alkanes) is 1. The number of pyridine rings is 1. The van der Waals surface area contributed by atoms with Crippen molar-refractivity contribution in [3.05, 3.63) is 58.8 Å². The highest BCUT2D eigenvalue weighted by molar-refractivity contribution is 5.76. The Morgan fingerprint density at radius 2 is 2.06 bits per heavy atom. The Hall–Kier alpha value is -2.44. The predicted octanol–water partition coefficient (Wildman–Crippen LogP) is 4.56. The Morgan fingerprint density at radius 1 is 1.18 bits per heavy atom. The van der Waals surface area contributed by atoms with Crippen molar-refractivity contribution in [1.29, 1.82) is 0 Å². The van der Waals surface area contributed by atoms with Crippen LogP contribution < -0.4 is 5.32 Å². The summed E-state index contributed by atoms with van der Waals surface area (Å²) in [6.45, 7) is 3.20. The molecule has 5 rings (SSSR count). The minimum Gasteiger partial charge on any atom is -0.480 e. The molecule has 33 heavy (non-hydrogen) atoms. The van der Waals surface area contributed by atoms with Gasteiger partial charge in [0.05, 0.1) is 6.10 Å². The van der Waals surface area contributed by atoms with Gasteiger partial charge in [0.15, 0.2) is 0 Å². The molecular weight excluding hydrogens is 414 g/mol. The average molecular weight is 450 g/mol. The second kappa shape index (κ2) is 10.2. The largest absolute Gasteiger partial charge is 0.480 e. The van der Waals surface area contributed by atoms with Crippen LogP contribution in [0.3, 0.4) is 0 Å². The molecule has 3 aliphatic rings. The highest BCUT2D eigenvalue weighted by Crippen LogP contribution is 2.44. The Kier molecular flexibility index (Phi) is 6.93. The van der Waals surface area contributed by atoms with Crippen molar-refractivity contribution in [2.24, 2.45) is 0 Å². The van der Waals surface area contributed by atoms with E-state index in [1.165, 1.54) is 30.4 Å². The van der Waals surface area contributed by atoms with Crippen molar-refractivity contribution < 1.29 is 14.6 Å². The summed E-state index contributed by atoms with van der Waals surface area (Å²) in [5.74, 6) is 0.853. The van der Waals surface area contributed by atoms with Gasteiger partial charge in [0.1, 0.15) is 11.9 Å². The van der Waals surface area contributed by atoms with Crippen LogP contribution in [-0.4, -0.2) is 53.3 Å². The molecule has 1 aromatic heterocycles. The van der Waals surface area contributed by atoms with Gasteiger partial charge in [0.2, 0.25) is 0 Å². The molecule has 2 N–H and O–H groups in total. The molecule has 0 bridgehead atoms. The van der Waals surface area contributed by atoms with E-state index >= 15 is 0 Å². The number of aromatic nitrogens is 1. The summed E-state index contributed by atoms with van der Waals surface area (Å²) in [5.41, 5.74) is 4.67. The summed E-state index contributed by atoms with van der Waals surface area (Å²) in [5, 5.41) is 13.4. The number of carboxylic acids is 1. The van der Waals surface area contributed by atoms with Crippen LogP contribution in [0.15, 0.2) is 36.4 Å². The first-order chi connectivity index (χ1) is 16.2. The summed E-state index contributed by atoms with van der Waals surface area (Å²) in [4.78, 5) is 19.1. The van der Waals surface area contributed by atoms with Gasteiger partial charge < -0.3 is 15.2 Å². The number of aliphatic carboxylic acids is 1. The number of likely N-dealkylation sites (tertiary alicyclic amines) is 1. The first-order valence-corrected chi connectivity index (χ1v) is 12.6. The monoisotopic (exact) mass is 449 g/mol. The zero-order chi connectivity index (χ0) is 22.6. The maximum atomic E-state index is 12.2. The number of benzene rings is 1. The molecule has 1 saturated carbocycles. The summed E-state index contributed by atoms with van der Waals surface area (Å²) >= 11 is 0. The minimum atomic E-state index is -0.754. The number of hydrogen-bond donors (Lipinski definition) is 2. The third-order valence-electron chi connectivity index (χ3n) is 7.22. The minimum absolute atomic E-state index is 0.117. The van der Waals surface area contributed by atoms with Crippen molar-refractivity contribution in [3.8, 4) is 0 Å². The number of hydrogen-bond acceptors (Lipinski definition) is 5. The molecule has 176 valence electrons. The van der Waals surface area contributed by atoms with Gasteiger partial charge in [-0.25, -0.2) is 4.98 Å². The number of nitrogens with one attached hydrogen (secondary N) is 1. The van der Waals surface area contributed by atoms with Crippen LogP contribution in [-0.2, 0) is 22.4 Å². The standard InChI is InChI=1S/C27H35N3O3/c31-27(32)25(24-9-2-1-8-23(24)19-10-11-19)30-16-14-22(18-30)33-17-4-3-7-21-13-12-20-6-5-15-28-26(20)29-21/h1-2,8-9,12-13,19,22,25H,3-7,10-11,14-18H2,(H,28,29)(H,31,32)/t22-,25?/m1/s1. The van der Waals surface area contributed by atoms with Gasteiger partial charge >= 0.3 is 5.97 Å². The quantitative estimate of drug-likeness (QED) is 0.518.